The summed E-state index contributed by atoms with van der Waals surface area (Å²) in [5.41, 5.74) is 11.6. The van der Waals surface area contributed by atoms with Gasteiger partial charge in [-0.1, -0.05) is 6.42 Å². The van der Waals surface area contributed by atoms with Crippen LogP contribution in [0, 0.1) is 5.82 Å². The van der Waals surface area contributed by atoms with Crippen LogP contribution in [0.25, 0.3) is 0 Å². The number of hydrogen-bond donors (Lipinski definition) is 2. The van der Waals surface area contributed by atoms with Crippen LogP contribution in [0.15, 0.2) is 28.2 Å². The van der Waals surface area contributed by atoms with Gasteiger partial charge in [0.05, 0.1) is 5.69 Å². The van der Waals surface area contributed by atoms with Crippen molar-refractivity contribution in [3.8, 4) is 5.75 Å². The van der Waals surface area contributed by atoms with Crippen LogP contribution in [0.1, 0.15) is 65.7 Å². The molecule has 2 fully saturated rings. The van der Waals surface area contributed by atoms with Crippen molar-refractivity contribution in [2.45, 2.75) is 83.1 Å². The van der Waals surface area contributed by atoms with E-state index in [0.29, 0.717) is 37.4 Å². The van der Waals surface area contributed by atoms with Gasteiger partial charge in [0.2, 0.25) is 11.9 Å². The Morgan fingerprint density at radius 2 is 1.82 bits per heavy atom. The summed E-state index contributed by atoms with van der Waals surface area (Å²) in [4.78, 5) is 24.7. The lowest BCUT2D eigenvalue weighted by atomic mass is 9.87. The van der Waals surface area contributed by atoms with Crippen molar-refractivity contribution in [3.05, 3.63) is 24.0 Å². The van der Waals surface area contributed by atoms with Crippen LogP contribution < -0.4 is 21.1 Å². The van der Waals surface area contributed by atoms with E-state index in [1.807, 2.05) is 20.8 Å². The van der Waals surface area contributed by atoms with Gasteiger partial charge < -0.3 is 25.8 Å². The third-order valence-corrected chi connectivity index (χ3v) is 6.40. The van der Waals surface area contributed by atoms with Crippen molar-refractivity contribution in [2.24, 2.45) is 21.5 Å². The molecule has 1 aromatic rings. The molecule has 0 aromatic heterocycles. The molecule has 0 atom stereocenters. The number of anilines is 1. The van der Waals surface area contributed by atoms with Crippen molar-refractivity contribution < 1.29 is 18.7 Å². The molecule has 3 aliphatic rings. The molecule has 10 heteroatoms. The minimum atomic E-state index is -0.694. The van der Waals surface area contributed by atoms with Gasteiger partial charge in [-0.15, -0.1) is 0 Å². The monoisotopic (exact) mass is 474 g/mol. The quantitative estimate of drug-likeness (QED) is 0.689. The molecule has 4 N–H and O–H groups in total. The molecular formula is C24H35FN6O3. The summed E-state index contributed by atoms with van der Waals surface area (Å²) < 4.78 is 26.3. The fourth-order valence-corrected chi connectivity index (χ4v) is 4.90. The molecule has 1 amide bonds. The molecule has 34 heavy (non-hydrogen) atoms. The second-order valence-electron chi connectivity index (χ2n) is 10.2. The summed E-state index contributed by atoms with van der Waals surface area (Å²) in [6.07, 6.45) is 5.34. The molecule has 1 saturated heterocycles. The van der Waals surface area contributed by atoms with Crippen LogP contribution in [0.2, 0.25) is 0 Å². The van der Waals surface area contributed by atoms with Gasteiger partial charge in [-0.2, -0.15) is 4.99 Å². The van der Waals surface area contributed by atoms with E-state index >= 15 is 0 Å². The Morgan fingerprint density at radius 3 is 2.47 bits per heavy atom. The highest BCUT2D eigenvalue weighted by Gasteiger charge is 2.44. The average molecular weight is 475 g/mol. The first kappa shape index (κ1) is 24.1. The molecule has 4 rings (SSSR count). The number of amides is 1. The van der Waals surface area contributed by atoms with Crippen LogP contribution in [-0.2, 0) is 4.74 Å². The van der Waals surface area contributed by atoms with E-state index in [1.165, 1.54) is 12.1 Å². The zero-order valence-electron chi connectivity index (χ0n) is 20.2. The maximum absolute atomic E-state index is 14.4. The van der Waals surface area contributed by atoms with E-state index in [-0.39, 0.29) is 24.1 Å². The Balaban J connectivity index is 1.53. The average Bonchev–Trinajstić information content (AvgIpc) is 2.75. The summed E-state index contributed by atoms with van der Waals surface area (Å²) in [6.45, 7) is 6.60. The number of carbonyl (C=O) groups is 1. The van der Waals surface area contributed by atoms with Gasteiger partial charge in [0.15, 0.2) is 0 Å². The van der Waals surface area contributed by atoms with Gasteiger partial charge in [-0.05, 0) is 58.6 Å². The number of piperidine rings is 1. The van der Waals surface area contributed by atoms with E-state index in [9.17, 15) is 9.18 Å². The normalized spacial score (nSPS) is 21.2. The van der Waals surface area contributed by atoms with E-state index in [4.69, 9.17) is 20.9 Å². The first-order chi connectivity index (χ1) is 16.1. The number of nitrogens with zero attached hydrogens (tertiary/aromatic N) is 4. The maximum Gasteiger partial charge on any atom is 0.410 e. The van der Waals surface area contributed by atoms with Crippen molar-refractivity contribution >= 4 is 23.7 Å². The number of benzene rings is 1. The van der Waals surface area contributed by atoms with Gasteiger partial charge in [-0.3, -0.25) is 4.90 Å². The highest BCUT2D eigenvalue weighted by Crippen LogP contribution is 2.43. The largest absolute Gasteiger partial charge is 0.488 e. The number of hydrogen-bond acceptors (Lipinski definition) is 8. The minimum Gasteiger partial charge on any atom is -0.488 e. The standard InChI is InChI=1S/C24H35FN6O3/c1-23(2,3)34-22(32)30-13-9-17(10-14-30)33-19-8-7-16(25)15-18(19)31-21(27)28-20(26)29-24(31)11-5-4-6-12-24/h7-8,15,17H,4-6,9-14H2,1-3H3,(H4,26,27,28,29). The van der Waals surface area contributed by atoms with Gasteiger partial charge in [-0.25, -0.2) is 14.2 Å². The first-order valence-corrected chi connectivity index (χ1v) is 12.0. The molecule has 9 nitrogen and oxygen atoms in total. The van der Waals surface area contributed by atoms with Crippen LogP contribution in [0.4, 0.5) is 14.9 Å². The SMILES string of the molecule is CC(C)(C)OC(=O)N1CCC(Oc2ccc(F)cc2N2C(N)=NC(N)=NC23CCCCC3)CC1. The highest BCUT2D eigenvalue weighted by atomic mass is 19.1. The lowest BCUT2D eigenvalue weighted by Gasteiger charge is -2.46. The Kier molecular flexibility index (Phi) is 6.60. The van der Waals surface area contributed by atoms with Gasteiger partial charge >= 0.3 is 6.09 Å². The third kappa shape index (κ3) is 5.20. The second-order valence-corrected chi connectivity index (χ2v) is 10.2. The third-order valence-electron chi connectivity index (χ3n) is 6.40. The van der Waals surface area contributed by atoms with Crippen LogP contribution in [0.5, 0.6) is 5.75 Å². The summed E-state index contributed by atoms with van der Waals surface area (Å²) >= 11 is 0. The summed E-state index contributed by atoms with van der Waals surface area (Å²) in [6, 6.07) is 4.41. The number of carbonyl (C=O) groups excluding carboxylic acids is 1. The molecule has 1 spiro atoms. The molecule has 0 unspecified atom stereocenters. The van der Waals surface area contributed by atoms with Crippen LogP contribution in [-0.4, -0.2) is 53.4 Å². The van der Waals surface area contributed by atoms with Crippen LogP contribution >= 0.6 is 0 Å². The van der Waals surface area contributed by atoms with Crippen molar-refractivity contribution in [1.29, 1.82) is 0 Å². The molecule has 2 heterocycles. The zero-order chi connectivity index (χ0) is 24.5. The van der Waals surface area contributed by atoms with E-state index in [0.717, 1.165) is 32.1 Å². The van der Waals surface area contributed by atoms with E-state index in [2.05, 4.69) is 9.98 Å². The smallest absolute Gasteiger partial charge is 0.410 e. The number of ether oxygens (including phenoxy) is 2. The Morgan fingerprint density at radius 1 is 1.15 bits per heavy atom. The number of guanidine groups is 2. The van der Waals surface area contributed by atoms with E-state index < -0.39 is 17.1 Å². The fraction of sp³-hybridized carbons (Fsp3) is 0.625. The second kappa shape index (κ2) is 9.31. The lowest BCUT2D eigenvalue weighted by Crippen LogP contribution is -2.58. The minimum absolute atomic E-state index is 0.137. The zero-order valence-corrected chi connectivity index (χ0v) is 20.2. The molecule has 1 aromatic carbocycles. The number of nitrogens with two attached hydrogens (primary N) is 2. The van der Waals surface area contributed by atoms with Crippen molar-refractivity contribution in [2.75, 3.05) is 18.0 Å². The van der Waals surface area contributed by atoms with Crippen LogP contribution in [0.3, 0.4) is 0 Å². The molecule has 1 saturated carbocycles. The molecule has 0 radical (unpaired) electrons. The van der Waals surface area contributed by atoms with Gasteiger partial charge in [0.1, 0.15) is 28.9 Å². The summed E-state index contributed by atoms with van der Waals surface area (Å²) in [7, 11) is 0. The Hall–Kier alpha value is -3.04. The predicted molar refractivity (Wildman–Crippen MR) is 129 cm³/mol. The number of rotatable bonds is 3. The van der Waals surface area contributed by atoms with Crippen molar-refractivity contribution in [3.63, 3.8) is 0 Å². The fourth-order valence-electron chi connectivity index (χ4n) is 4.90. The number of aliphatic imine (C=N–C) groups is 2. The molecular weight excluding hydrogens is 439 g/mol. The number of halogens is 1. The maximum atomic E-state index is 14.4. The lowest BCUT2D eigenvalue weighted by molar-refractivity contribution is 0.0126. The highest BCUT2D eigenvalue weighted by molar-refractivity contribution is 6.06. The topological polar surface area (TPSA) is 119 Å². The Bertz CT molecular complexity index is 975. The van der Waals surface area contributed by atoms with Crippen molar-refractivity contribution in [1.82, 2.24) is 4.90 Å². The van der Waals surface area contributed by atoms with E-state index in [1.54, 1.807) is 15.9 Å². The van der Waals surface area contributed by atoms with Gasteiger partial charge in [0.25, 0.3) is 0 Å². The Labute approximate surface area is 200 Å². The predicted octanol–water partition coefficient (Wildman–Crippen LogP) is 3.71. The summed E-state index contributed by atoms with van der Waals surface area (Å²) in [5.74, 6) is 0.438. The molecule has 186 valence electrons. The molecule has 2 aliphatic heterocycles. The van der Waals surface area contributed by atoms with Gasteiger partial charge in [0, 0.05) is 32.0 Å². The molecule has 0 bridgehead atoms. The number of likely N-dealkylation sites (tertiary alicyclic amines) is 1. The molecule has 1 aliphatic carbocycles. The first-order valence-electron chi connectivity index (χ1n) is 12.0. The summed E-state index contributed by atoms with van der Waals surface area (Å²) in [5, 5.41) is 0.